The number of rotatable bonds is 2. The van der Waals surface area contributed by atoms with E-state index in [1.54, 1.807) is 6.20 Å². The quantitative estimate of drug-likeness (QED) is 0.869. The highest BCUT2D eigenvalue weighted by Crippen LogP contribution is 2.41. The molecule has 0 spiro atoms. The van der Waals surface area contributed by atoms with Gasteiger partial charge in [-0.1, -0.05) is 38.0 Å². The zero-order valence-corrected chi connectivity index (χ0v) is 10.7. The van der Waals surface area contributed by atoms with Gasteiger partial charge in [0.2, 0.25) is 0 Å². The van der Waals surface area contributed by atoms with E-state index in [1.807, 2.05) is 24.4 Å². The Kier molecular flexibility index (Phi) is 3.04. The van der Waals surface area contributed by atoms with Gasteiger partial charge in [-0.15, -0.1) is 0 Å². The van der Waals surface area contributed by atoms with Crippen LogP contribution in [-0.4, -0.2) is 10.1 Å². The summed E-state index contributed by atoms with van der Waals surface area (Å²) in [7, 11) is 0. The van der Waals surface area contributed by atoms with Crippen LogP contribution in [0.15, 0.2) is 36.7 Å². The molecular formula is C16H19NO. The minimum Gasteiger partial charge on any atom is -0.388 e. The van der Waals surface area contributed by atoms with Crippen molar-refractivity contribution < 1.29 is 5.11 Å². The summed E-state index contributed by atoms with van der Waals surface area (Å²) in [6.45, 7) is 2.25. The second-order valence-electron chi connectivity index (χ2n) is 5.46. The third kappa shape index (κ3) is 1.91. The zero-order valence-electron chi connectivity index (χ0n) is 10.7. The first-order valence-electron chi connectivity index (χ1n) is 6.78. The summed E-state index contributed by atoms with van der Waals surface area (Å²) in [6.07, 6.45) is 6.94. The van der Waals surface area contributed by atoms with Crippen molar-refractivity contribution in [2.75, 3.05) is 0 Å². The molecule has 0 amide bonds. The molecule has 0 bridgehead atoms. The molecule has 3 atom stereocenters. The van der Waals surface area contributed by atoms with E-state index in [-0.39, 0.29) is 6.10 Å². The van der Waals surface area contributed by atoms with Crippen LogP contribution in [0.25, 0.3) is 10.8 Å². The third-order valence-corrected chi connectivity index (χ3v) is 4.37. The minimum atomic E-state index is -0.351. The lowest BCUT2D eigenvalue weighted by Gasteiger charge is -2.23. The van der Waals surface area contributed by atoms with Crippen molar-refractivity contribution in [1.82, 2.24) is 4.98 Å². The Labute approximate surface area is 108 Å². The maximum absolute atomic E-state index is 10.7. The number of pyridine rings is 1. The predicted octanol–water partition coefficient (Wildman–Crippen LogP) is 3.70. The van der Waals surface area contributed by atoms with E-state index in [0.717, 1.165) is 22.8 Å². The smallest absolute Gasteiger partial charge is 0.0827 e. The number of fused-ring (bicyclic) bond motifs is 1. The van der Waals surface area contributed by atoms with Crippen molar-refractivity contribution in [3.8, 4) is 0 Å². The van der Waals surface area contributed by atoms with Gasteiger partial charge in [-0.3, -0.25) is 4.98 Å². The van der Waals surface area contributed by atoms with Gasteiger partial charge in [0.15, 0.2) is 0 Å². The Balaban J connectivity index is 2.03. The topological polar surface area (TPSA) is 33.1 Å². The molecule has 2 nitrogen and oxygen atoms in total. The van der Waals surface area contributed by atoms with E-state index in [2.05, 4.69) is 18.0 Å². The van der Waals surface area contributed by atoms with Gasteiger partial charge in [-0.25, -0.2) is 0 Å². The molecule has 1 heterocycles. The number of hydrogen-bond acceptors (Lipinski definition) is 2. The summed E-state index contributed by atoms with van der Waals surface area (Å²) in [5, 5.41) is 12.9. The average Bonchev–Trinajstić information content (AvgIpc) is 2.83. The van der Waals surface area contributed by atoms with Crippen LogP contribution < -0.4 is 0 Å². The molecule has 0 saturated heterocycles. The molecule has 1 aromatic heterocycles. The molecular weight excluding hydrogens is 222 g/mol. The van der Waals surface area contributed by atoms with Crippen LogP contribution in [0.4, 0.5) is 0 Å². The van der Waals surface area contributed by atoms with E-state index in [4.69, 9.17) is 0 Å². The van der Waals surface area contributed by atoms with Crippen LogP contribution in [0, 0.1) is 11.8 Å². The Hall–Kier alpha value is -1.41. The first-order valence-corrected chi connectivity index (χ1v) is 6.78. The monoisotopic (exact) mass is 241 g/mol. The van der Waals surface area contributed by atoms with Gasteiger partial charge < -0.3 is 5.11 Å². The number of hydrogen-bond donors (Lipinski definition) is 1. The SMILES string of the molecule is CC1CCCC1C(O)c1cccc2ccncc12. The summed E-state index contributed by atoms with van der Waals surface area (Å²) in [6, 6.07) is 8.15. The van der Waals surface area contributed by atoms with Crippen LogP contribution in [-0.2, 0) is 0 Å². The summed E-state index contributed by atoms with van der Waals surface area (Å²) >= 11 is 0. The highest BCUT2D eigenvalue weighted by molar-refractivity contribution is 5.85. The normalized spacial score (nSPS) is 25.4. The molecule has 1 saturated carbocycles. The van der Waals surface area contributed by atoms with Crippen molar-refractivity contribution in [3.63, 3.8) is 0 Å². The lowest BCUT2D eigenvalue weighted by Crippen LogP contribution is -2.15. The number of nitrogens with zero attached hydrogens (tertiary/aromatic N) is 1. The molecule has 2 heteroatoms. The largest absolute Gasteiger partial charge is 0.388 e. The Morgan fingerprint density at radius 2 is 2.17 bits per heavy atom. The fourth-order valence-electron chi connectivity index (χ4n) is 3.27. The molecule has 1 aromatic carbocycles. The van der Waals surface area contributed by atoms with E-state index in [0.29, 0.717) is 11.8 Å². The molecule has 1 aliphatic carbocycles. The molecule has 1 fully saturated rings. The van der Waals surface area contributed by atoms with Gasteiger partial charge >= 0.3 is 0 Å². The van der Waals surface area contributed by atoms with Crippen LogP contribution >= 0.6 is 0 Å². The predicted molar refractivity (Wildman–Crippen MR) is 73.2 cm³/mol. The average molecular weight is 241 g/mol. The van der Waals surface area contributed by atoms with Crippen molar-refractivity contribution in [2.24, 2.45) is 11.8 Å². The number of aliphatic hydroxyl groups excluding tert-OH is 1. The number of aromatic nitrogens is 1. The first-order chi connectivity index (χ1) is 8.77. The van der Waals surface area contributed by atoms with Crippen molar-refractivity contribution in [2.45, 2.75) is 32.3 Å². The van der Waals surface area contributed by atoms with Gasteiger partial charge in [0, 0.05) is 17.8 Å². The van der Waals surface area contributed by atoms with Gasteiger partial charge in [0.25, 0.3) is 0 Å². The molecule has 0 radical (unpaired) electrons. The van der Waals surface area contributed by atoms with E-state index < -0.39 is 0 Å². The van der Waals surface area contributed by atoms with Gasteiger partial charge in [-0.05, 0) is 35.3 Å². The highest BCUT2D eigenvalue weighted by atomic mass is 16.3. The van der Waals surface area contributed by atoms with Crippen LogP contribution in [0.2, 0.25) is 0 Å². The maximum atomic E-state index is 10.7. The molecule has 18 heavy (non-hydrogen) atoms. The minimum absolute atomic E-state index is 0.351. The lowest BCUT2D eigenvalue weighted by atomic mass is 9.86. The number of aliphatic hydroxyl groups is 1. The Morgan fingerprint density at radius 1 is 1.28 bits per heavy atom. The first kappa shape index (κ1) is 11.7. The van der Waals surface area contributed by atoms with Crippen molar-refractivity contribution in [1.29, 1.82) is 0 Å². The Bertz CT molecular complexity index is 546. The molecule has 0 aliphatic heterocycles. The van der Waals surface area contributed by atoms with Gasteiger partial charge in [0.1, 0.15) is 0 Å². The summed E-state index contributed by atoms with van der Waals surface area (Å²) in [4.78, 5) is 4.19. The summed E-state index contributed by atoms with van der Waals surface area (Å²) < 4.78 is 0. The molecule has 2 aromatic rings. The molecule has 3 unspecified atom stereocenters. The van der Waals surface area contributed by atoms with E-state index in [1.165, 1.54) is 12.8 Å². The van der Waals surface area contributed by atoms with Crippen molar-refractivity contribution in [3.05, 3.63) is 42.2 Å². The Morgan fingerprint density at radius 3 is 2.94 bits per heavy atom. The van der Waals surface area contributed by atoms with E-state index in [9.17, 15) is 5.11 Å². The number of benzene rings is 1. The fourth-order valence-corrected chi connectivity index (χ4v) is 3.27. The molecule has 1 aliphatic rings. The zero-order chi connectivity index (χ0) is 12.5. The fraction of sp³-hybridized carbons (Fsp3) is 0.438. The second-order valence-corrected chi connectivity index (χ2v) is 5.46. The highest BCUT2D eigenvalue weighted by Gasteiger charge is 2.31. The van der Waals surface area contributed by atoms with Crippen LogP contribution in [0.3, 0.4) is 0 Å². The van der Waals surface area contributed by atoms with Crippen LogP contribution in [0.5, 0.6) is 0 Å². The molecule has 3 rings (SSSR count). The van der Waals surface area contributed by atoms with Crippen LogP contribution in [0.1, 0.15) is 37.9 Å². The lowest BCUT2D eigenvalue weighted by molar-refractivity contribution is 0.0913. The maximum Gasteiger partial charge on any atom is 0.0827 e. The third-order valence-electron chi connectivity index (χ3n) is 4.37. The summed E-state index contributed by atoms with van der Waals surface area (Å²) in [5.74, 6) is 1.02. The van der Waals surface area contributed by atoms with Crippen molar-refractivity contribution >= 4 is 10.8 Å². The second kappa shape index (κ2) is 4.69. The molecule has 1 N–H and O–H groups in total. The summed E-state index contributed by atoms with van der Waals surface area (Å²) in [5.41, 5.74) is 1.04. The van der Waals surface area contributed by atoms with Gasteiger partial charge in [0.05, 0.1) is 6.10 Å². The van der Waals surface area contributed by atoms with Gasteiger partial charge in [-0.2, -0.15) is 0 Å². The standard InChI is InChI=1S/C16H19NO/c1-11-4-2-6-13(11)16(18)14-7-3-5-12-8-9-17-10-15(12)14/h3,5,7-11,13,16,18H,2,4,6H2,1H3. The molecule has 94 valence electrons. The van der Waals surface area contributed by atoms with E-state index >= 15 is 0 Å².